The Balaban J connectivity index is 0.00000256. The van der Waals surface area contributed by atoms with Gasteiger partial charge in [0.1, 0.15) is 0 Å². The Labute approximate surface area is 100 Å². The average molecular weight is 229 g/mol. The molecule has 1 aliphatic rings. The number of rotatable bonds is 4. The fourth-order valence-electron chi connectivity index (χ4n) is 1.82. The zero-order valence-corrected chi connectivity index (χ0v) is 11.2. The van der Waals surface area contributed by atoms with Gasteiger partial charge in [0.05, 0.1) is 11.7 Å². The summed E-state index contributed by atoms with van der Waals surface area (Å²) >= 11 is 0. The third-order valence-corrected chi connectivity index (χ3v) is 2.67. The lowest BCUT2D eigenvalue weighted by Gasteiger charge is -2.38. The number of carbonyl (C=O) groups is 1. The van der Waals surface area contributed by atoms with Gasteiger partial charge in [-0.25, -0.2) is 0 Å². The van der Waals surface area contributed by atoms with Crippen LogP contribution in [-0.2, 0) is 9.53 Å². The molecule has 3 nitrogen and oxygen atoms in total. The van der Waals surface area contributed by atoms with Gasteiger partial charge in [0.15, 0.2) is 0 Å². The summed E-state index contributed by atoms with van der Waals surface area (Å²) in [7, 11) is 0. The first-order valence-electron chi connectivity index (χ1n) is 6.23. The van der Waals surface area contributed by atoms with Crippen molar-refractivity contribution in [1.82, 2.24) is 5.32 Å². The molecule has 0 bridgehead atoms. The van der Waals surface area contributed by atoms with E-state index in [0.717, 1.165) is 19.4 Å². The van der Waals surface area contributed by atoms with Crippen molar-refractivity contribution < 1.29 is 11.0 Å². The number of ether oxygens (including phenoxy) is 1. The lowest BCUT2D eigenvalue weighted by Crippen LogP contribution is -2.45. The normalized spacial score (nSPS) is 25.4. The van der Waals surface area contributed by atoms with Crippen LogP contribution in [-0.4, -0.2) is 24.2 Å². The van der Waals surface area contributed by atoms with Gasteiger partial charge in [-0.3, -0.25) is 4.79 Å². The van der Waals surface area contributed by atoms with Crippen molar-refractivity contribution in [2.45, 2.75) is 59.2 Å². The van der Waals surface area contributed by atoms with Crippen LogP contribution >= 0.6 is 0 Å². The van der Waals surface area contributed by atoms with Gasteiger partial charge >= 0.3 is 0 Å². The topological polar surface area (TPSA) is 38.3 Å². The fraction of sp³-hybridized carbons (Fsp3) is 0.923. The highest BCUT2D eigenvalue weighted by atomic mass is 16.5. The van der Waals surface area contributed by atoms with Crippen LogP contribution in [0.25, 0.3) is 0 Å². The van der Waals surface area contributed by atoms with Gasteiger partial charge < -0.3 is 10.1 Å². The molecule has 0 aromatic rings. The molecule has 16 heavy (non-hydrogen) atoms. The van der Waals surface area contributed by atoms with Gasteiger partial charge in [0.2, 0.25) is 5.91 Å². The van der Waals surface area contributed by atoms with Crippen molar-refractivity contribution in [3.8, 4) is 0 Å². The first-order valence-corrected chi connectivity index (χ1v) is 6.23. The molecule has 1 rings (SSSR count). The fourth-order valence-corrected chi connectivity index (χ4v) is 1.82. The van der Waals surface area contributed by atoms with E-state index in [-0.39, 0.29) is 25.0 Å². The van der Waals surface area contributed by atoms with E-state index >= 15 is 0 Å². The molecular formula is C13H27NO2. The molecule has 0 aromatic carbocycles. The van der Waals surface area contributed by atoms with E-state index in [4.69, 9.17) is 4.74 Å². The van der Waals surface area contributed by atoms with Crippen LogP contribution < -0.4 is 5.32 Å². The first kappa shape index (κ1) is 13.5. The molecular weight excluding hydrogens is 202 g/mol. The maximum Gasteiger partial charge on any atom is 0.223 e. The van der Waals surface area contributed by atoms with Crippen molar-refractivity contribution in [3.05, 3.63) is 0 Å². The van der Waals surface area contributed by atoms with Crippen LogP contribution in [0.2, 0.25) is 0 Å². The molecule has 0 spiro atoms. The lowest BCUT2D eigenvalue weighted by molar-refractivity contribution is -0.144. The highest BCUT2D eigenvalue weighted by molar-refractivity contribution is 5.79. The van der Waals surface area contributed by atoms with Gasteiger partial charge in [-0.2, -0.15) is 0 Å². The molecule has 0 atom stereocenters. The number of hydrogen-bond acceptors (Lipinski definition) is 2. The second-order valence-corrected chi connectivity index (χ2v) is 6.16. The van der Waals surface area contributed by atoms with Crippen LogP contribution in [0.4, 0.5) is 0 Å². The summed E-state index contributed by atoms with van der Waals surface area (Å²) < 4.78 is 5.80. The van der Waals surface area contributed by atoms with Crippen LogP contribution in [0.1, 0.15) is 48.9 Å². The van der Waals surface area contributed by atoms with Crippen molar-refractivity contribution in [2.24, 2.45) is 11.8 Å². The Bertz CT molecular complexity index is 242. The maximum absolute atomic E-state index is 11.7. The Morgan fingerprint density at radius 2 is 2.00 bits per heavy atom. The van der Waals surface area contributed by atoms with E-state index in [1.165, 1.54) is 0 Å². The molecule has 0 saturated heterocycles. The second-order valence-electron chi connectivity index (χ2n) is 6.16. The lowest BCUT2D eigenvalue weighted by atomic mass is 9.81. The van der Waals surface area contributed by atoms with Crippen molar-refractivity contribution >= 4 is 5.91 Å². The molecule has 1 saturated carbocycles. The summed E-state index contributed by atoms with van der Waals surface area (Å²) in [6.45, 7) is 11.1. The molecule has 0 unspecified atom stereocenters. The van der Waals surface area contributed by atoms with Gasteiger partial charge in [0, 0.05) is 13.9 Å². The second kappa shape index (κ2) is 5.17. The molecule has 0 aliphatic heterocycles. The molecule has 1 N–H and O–H groups in total. The summed E-state index contributed by atoms with van der Waals surface area (Å²) in [5, 5.41) is 2.97. The number of carbonyl (C=O) groups excluding carboxylic acids is 1. The van der Waals surface area contributed by atoms with E-state index in [1.807, 2.05) is 0 Å². The molecule has 1 fully saturated rings. The summed E-state index contributed by atoms with van der Waals surface area (Å²) in [6, 6.07) is 0. The van der Waals surface area contributed by atoms with E-state index < -0.39 is 0 Å². The maximum atomic E-state index is 11.7. The van der Waals surface area contributed by atoms with Crippen LogP contribution in [0.5, 0.6) is 0 Å². The Kier molecular flexibility index (Phi) is 4.36. The minimum Gasteiger partial charge on any atom is -0.373 e. The molecule has 0 radical (unpaired) electrons. The highest BCUT2D eigenvalue weighted by Gasteiger charge is 2.37. The Morgan fingerprint density at radius 3 is 2.44 bits per heavy atom. The molecule has 1 amide bonds. The quantitative estimate of drug-likeness (QED) is 0.804. The minimum absolute atomic E-state index is 0. The molecule has 3 heteroatoms. The van der Waals surface area contributed by atoms with Crippen molar-refractivity contribution in [1.29, 1.82) is 0 Å². The van der Waals surface area contributed by atoms with Gasteiger partial charge in [-0.1, -0.05) is 13.8 Å². The van der Waals surface area contributed by atoms with Crippen molar-refractivity contribution in [2.75, 3.05) is 6.54 Å². The molecule has 0 heterocycles. The zero-order chi connectivity index (χ0) is 12.3. The van der Waals surface area contributed by atoms with Gasteiger partial charge in [-0.05, 0) is 39.5 Å². The largest absolute Gasteiger partial charge is 0.373 e. The van der Waals surface area contributed by atoms with Crippen LogP contribution in [0, 0.1) is 11.8 Å². The predicted molar refractivity (Wildman–Crippen MR) is 67.3 cm³/mol. The van der Waals surface area contributed by atoms with Gasteiger partial charge in [0.25, 0.3) is 0 Å². The average Bonchev–Trinajstić information content (AvgIpc) is 2.05. The van der Waals surface area contributed by atoms with E-state index in [9.17, 15) is 4.79 Å². The van der Waals surface area contributed by atoms with E-state index in [1.54, 1.807) is 0 Å². The van der Waals surface area contributed by atoms with Crippen LogP contribution in [0.3, 0.4) is 0 Å². The van der Waals surface area contributed by atoms with E-state index in [0.29, 0.717) is 5.92 Å². The molecule has 0 aromatic heterocycles. The summed E-state index contributed by atoms with van der Waals surface area (Å²) in [5.41, 5.74) is -0.0932. The van der Waals surface area contributed by atoms with Gasteiger partial charge in [-0.15, -0.1) is 0 Å². The predicted octanol–water partition coefficient (Wildman–Crippen LogP) is 2.60. The highest BCUT2D eigenvalue weighted by Crippen LogP contribution is 2.33. The third-order valence-electron chi connectivity index (χ3n) is 2.67. The Morgan fingerprint density at radius 1 is 1.44 bits per heavy atom. The first-order chi connectivity index (χ1) is 7.28. The summed E-state index contributed by atoms with van der Waals surface area (Å²) in [4.78, 5) is 11.7. The van der Waals surface area contributed by atoms with Crippen LogP contribution in [0.15, 0.2) is 0 Å². The monoisotopic (exact) mass is 229 g/mol. The smallest absolute Gasteiger partial charge is 0.223 e. The molecule has 96 valence electrons. The zero-order valence-electron chi connectivity index (χ0n) is 11.2. The minimum atomic E-state index is -0.0932. The number of hydrogen-bond donors (Lipinski definition) is 1. The molecule has 1 aliphatic carbocycles. The van der Waals surface area contributed by atoms with E-state index in [2.05, 4.69) is 39.9 Å². The standard InChI is InChI=1S/C13H25NO2.H2/c1-9(2)8-14-12(15)10-6-11(7-10)16-13(3,4)5;/h9-11H,6-8H2,1-5H3,(H,14,15);1H. The summed E-state index contributed by atoms with van der Waals surface area (Å²) in [6.07, 6.45) is 2.03. The van der Waals surface area contributed by atoms with Crippen molar-refractivity contribution in [3.63, 3.8) is 0 Å². The number of amides is 1. The third kappa shape index (κ3) is 4.52. The SMILES string of the molecule is CC(C)CNC(=O)C1CC(OC(C)(C)C)C1.[HH]. The summed E-state index contributed by atoms with van der Waals surface area (Å²) in [5.74, 6) is 0.888. The Hall–Kier alpha value is -0.570. The number of nitrogens with one attached hydrogen (secondary N) is 1.